The van der Waals surface area contributed by atoms with Crippen LogP contribution in [0.1, 0.15) is 13.3 Å². The van der Waals surface area contributed by atoms with Gasteiger partial charge in [0.15, 0.2) is 5.96 Å². The molecule has 0 aromatic carbocycles. The smallest absolute Gasteiger partial charge is 0.225 e. The van der Waals surface area contributed by atoms with Crippen LogP contribution >= 0.6 is 0 Å². The molecule has 0 atom stereocenters. The fourth-order valence-electron chi connectivity index (χ4n) is 1.23. The first kappa shape index (κ1) is 12.8. The summed E-state index contributed by atoms with van der Waals surface area (Å²) in [6.07, 6.45) is 4.58. The molecule has 0 radical (unpaired) electrons. The van der Waals surface area contributed by atoms with Crippen molar-refractivity contribution in [2.24, 2.45) is 10.7 Å². The van der Waals surface area contributed by atoms with Gasteiger partial charge in [-0.05, 0) is 24.1 Å². The molecule has 0 bridgehead atoms. The summed E-state index contributed by atoms with van der Waals surface area (Å²) in [6, 6.07) is 0. The van der Waals surface area contributed by atoms with E-state index < -0.39 is 11.6 Å². The number of rotatable bonds is 3. The fraction of sp³-hybridized carbons (Fsp3) is 0.273. The Kier molecular flexibility index (Phi) is 4.33. The molecular formula is C11H13N3O3. The highest BCUT2D eigenvalue weighted by molar-refractivity contribution is 6.46. The zero-order valence-corrected chi connectivity index (χ0v) is 9.40. The lowest BCUT2D eigenvalue weighted by Crippen LogP contribution is -2.35. The lowest BCUT2D eigenvalue weighted by atomic mass is 10.0. The number of carbonyl (C=O) groups is 3. The molecule has 0 unspecified atom stereocenters. The molecule has 0 heterocycles. The van der Waals surface area contributed by atoms with Crippen molar-refractivity contribution < 1.29 is 14.4 Å². The molecule has 6 nitrogen and oxygen atoms in total. The molecule has 0 saturated heterocycles. The topological polar surface area (TPSA) is 102 Å². The second-order valence-corrected chi connectivity index (χ2v) is 3.48. The highest BCUT2D eigenvalue weighted by atomic mass is 16.2. The number of nitrogens with one attached hydrogen (secondary N) is 1. The van der Waals surface area contributed by atoms with Crippen LogP contribution in [0.5, 0.6) is 0 Å². The number of allylic oxidation sites excluding steroid dienone is 3. The fourth-order valence-corrected chi connectivity index (χ4v) is 1.23. The van der Waals surface area contributed by atoms with Gasteiger partial charge in [-0.1, -0.05) is 6.08 Å². The number of amides is 1. The van der Waals surface area contributed by atoms with E-state index in [4.69, 9.17) is 5.73 Å². The van der Waals surface area contributed by atoms with E-state index in [9.17, 15) is 14.4 Å². The second kappa shape index (κ2) is 5.74. The van der Waals surface area contributed by atoms with E-state index in [0.29, 0.717) is 18.5 Å². The minimum absolute atomic E-state index is 0.0419. The molecule has 1 rings (SSSR count). The van der Waals surface area contributed by atoms with Gasteiger partial charge in [0.05, 0.1) is 0 Å². The minimum atomic E-state index is -0.527. The minimum Gasteiger partial charge on any atom is -0.370 e. The Balaban J connectivity index is 2.45. The summed E-state index contributed by atoms with van der Waals surface area (Å²) in [7, 11) is 0. The van der Waals surface area contributed by atoms with E-state index in [2.05, 4.69) is 10.3 Å². The maximum atomic E-state index is 11.1. The van der Waals surface area contributed by atoms with Gasteiger partial charge in [0.1, 0.15) is 0 Å². The summed E-state index contributed by atoms with van der Waals surface area (Å²) < 4.78 is 0. The molecule has 6 heteroatoms. The molecule has 17 heavy (non-hydrogen) atoms. The quantitative estimate of drug-likeness (QED) is 0.297. The molecule has 1 aliphatic rings. The van der Waals surface area contributed by atoms with Gasteiger partial charge in [-0.15, -0.1) is 0 Å². The maximum absolute atomic E-state index is 11.1. The first-order valence-electron chi connectivity index (χ1n) is 5.03. The van der Waals surface area contributed by atoms with Crippen LogP contribution in [0.3, 0.4) is 0 Å². The average molecular weight is 235 g/mol. The highest BCUT2D eigenvalue weighted by Gasteiger charge is 2.12. The molecule has 0 aliphatic heterocycles. The molecular weight excluding hydrogens is 222 g/mol. The zero-order valence-electron chi connectivity index (χ0n) is 9.40. The van der Waals surface area contributed by atoms with Gasteiger partial charge in [-0.2, -0.15) is 0 Å². The lowest BCUT2D eigenvalue weighted by Gasteiger charge is -2.04. The van der Waals surface area contributed by atoms with Gasteiger partial charge >= 0.3 is 0 Å². The van der Waals surface area contributed by atoms with Crippen LogP contribution in [0, 0.1) is 0 Å². The summed E-state index contributed by atoms with van der Waals surface area (Å²) in [5.74, 6) is -1.29. The monoisotopic (exact) mass is 235 g/mol. The van der Waals surface area contributed by atoms with Gasteiger partial charge in [-0.3, -0.25) is 24.7 Å². The number of nitrogens with zero attached hydrogens (tertiary/aromatic N) is 1. The van der Waals surface area contributed by atoms with Crippen LogP contribution in [0.15, 0.2) is 28.8 Å². The van der Waals surface area contributed by atoms with Gasteiger partial charge in [0.25, 0.3) is 0 Å². The third-order valence-corrected chi connectivity index (χ3v) is 1.99. The lowest BCUT2D eigenvalue weighted by molar-refractivity contribution is -0.131. The normalized spacial score (nSPS) is 15.8. The average Bonchev–Trinajstić information content (AvgIpc) is 2.22. The SMILES string of the molecule is CC(=O)NC(N)=NCCC1=CC(=O)C(=O)C=C1. The zero-order chi connectivity index (χ0) is 12.8. The van der Waals surface area contributed by atoms with Gasteiger partial charge < -0.3 is 5.73 Å². The number of hydrogen-bond donors (Lipinski definition) is 2. The van der Waals surface area contributed by atoms with Gasteiger partial charge in [0.2, 0.25) is 17.5 Å². The summed E-state index contributed by atoms with van der Waals surface area (Å²) in [4.78, 5) is 36.4. The Morgan fingerprint density at radius 3 is 2.65 bits per heavy atom. The Hall–Kier alpha value is -2.24. The van der Waals surface area contributed by atoms with Crippen LogP contribution in [0.4, 0.5) is 0 Å². The molecule has 0 saturated carbocycles. The standard InChI is InChI=1S/C11H13N3O3/c1-7(15)14-11(12)13-5-4-8-2-3-9(16)10(17)6-8/h2-3,6H,4-5H2,1H3,(H3,12,13,14,15). The van der Waals surface area contributed by atoms with E-state index in [0.717, 1.165) is 0 Å². The van der Waals surface area contributed by atoms with Crippen molar-refractivity contribution in [3.8, 4) is 0 Å². The summed E-state index contributed by atoms with van der Waals surface area (Å²) in [5, 5.41) is 2.33. The summed E-state index contributed by atoms with van der Waals surface area (Å²) in [6.45, 7) is 1.67. The first-order chi connectivity index (χ1) is 7.99. The van der Waals surface area contributed by atoms with Crippen molar-refractivity contribution in [2.75, 3.05) is 6.54 Å². The molecule has 0 fully saturated rings. The predicted molar refractivity (Wildman–Crippen MR) is 62.2 cm³/mol. The molecule has 1 aliphatic carbocycles. The Bertz CT molecular complexity index is 447. The number of aliphatic imine (C=N–C) groups is 1. The van der Waals surface area contributed by atoms with E-state index in [1.54, 1.807) is 6.08 Å². The highest BCUT2D eigenvalue weighted by Crippen LogP contribution is 2.08. The molecule has 3 N–H and O–H groups in total. The summed E-state index contributed by atoms with van der Waals surface area (Å²) in [5.41, 5.74) is 6.12. The third kappa shape index (κ3) is 4.42. The van der Waals surface area contributed by atoms with Crippen LogP contribution in [0.25, 0.3) is 0 Å². The summed E-state index contributed by atoms with van der Waals surface area (Å²) >= 11 is 0. The van der Waals surface area contributed by atoms with Gasteiger partial charge in [-0.25, -0.2) is 0 Å². The van der Waals surface area contributed by atoms with Crippen LogP contribution in [-0.2, 0) is 14.4 Å². The number of carbonyl (C=O) groups excluding carboxylic acids is 3. The molecule has 0 spiro atoms. The Labute approximate surface area is 98.3 Å². The Morgan fingerprint density at radius 2 is 2.06 bits per heavy atom. The van der Waals surface area contributed by atoms with Crippen LogP contribution in [-0.4, -0.2) is 30.0 Å². The van der Waals surface area contributed by atoms with E-state index in [-0.39, 0.29) is 11.9 Å². The van der Waals surface area contributed by atoms with Crippen LogP contribution in [0.2, 0.25) is 0 Å². The van der Waals surface area contributed by atoms with Crippen LogP contribution < -0.4 is 11.1 Å². The van der Waals surface area contributed by atoms with Crippen molar-refractivity contribution >= 4 is 23.4 Å². The second-order valence-electron chi connectivity index (χ2n) is 3.48. The van der Waals surface area contributed by atoms with Crippen molar-refractivity contribution in [1.29, 1.82) is 0 Å². The number of guanidine groups is 1. The third-order valence-electron chi connectivity index (χ3n) is 1.99. The molecule has 0 aromatic rings. The van der Waals surface area contributed by atoms with Crippen molar-refractivity contribution in [3.63, 3.8) is 0 Å². The van der Waals surface area contributed by atoms with Crippen molar-refractivity contribution in [3.05, 3.63) is 23.8 Å². The Morgan fingerprint density at radius 1 is 1.35 bits per heavy atom. The predicted octanol–water partition coefficient (Wildman–Crippen LogP) is -0.538. The van der Waals surface area contributed by atoms with Crippen molar-refractivity contribution in [1.82, 2.24) is 5.32 Å². The maximum Gasteiger partial charge on any atom is 0.225 e. The number of ketones is 2. The van der Waals surface area contributed by atoms with E-state index in [1.807, 2.05) is 0 Å². The number of hydrogen-bond acceptors (Lipinski definition) is 4. The van der Waals surface area contributed by atoms with Gasteiger partial charge in [0, 0.05) is 13.5 Å². The molecule has 0 aromatic heterocycles. The van der Waals surface area contributed by atoms with Crippen molar-refractivity contribution in [2.45, 2.75) is 13.3 Å². The van der Waals surface area contributed by atoms with E-state index >= 15 is 0 Å². The molecule has 90 valence electrons. The largest absolute Gasteiger partial charge is 0.370 e. The van der Waals surface area contributed by atoms with E-state index in [1.165, 1.54) is 19.1 Å². The molecule has 1 amide bonds. The first-order valence-corrected chi connectivity index (χ1v) is 5.03. The number of nitrogens with two attached hydrogens (primary N) is 1.